The number of fused-ring (bicyclic) bond motifs is 3. The Kier molecular flexibility index (Phi) is 3.50. The second kappa shape index (κ2) is 5.72. The highest BCUT2D eigenvalue weighted by Crippen LogP contribution is 2.48. The van der Waals surface area contributed by atoms with Gasteiger partial charge in [-0.2, -0.15) is 5.10 Å². The van der Waals surface area contributed by atoms with Gasteiger partial charge >= 0.3 is 0 Å². The van der Waals surface area contributed by atoms with Crippen LogP contribution in [-0.2, 0) is 0 Å². The molecule has 3 nitrogen and oxygen atoms in total. The van der Waals surface area contributed by atoms with Gasteiger partial charge in [-0.1, -0.05) is 28.1 Å². The molecule has 0 radical (unpaired) electrons. The smallest absolute Gasteiger partial charge is 0.222 e. The van der Waals surface area contributed by atoms with Gasteiger partial charge in [-0.15, -0.1) is 22.7 Å². The molecule has 1 aromatic carbocycles. The van der Waals surface area contributed by atoms with E-state index in [0.29, 0.717) is 0 Å². The number of hydrogen-bond acceptors (Lipinski definition) is 5. The van der Waals surface area contributed by atoms with Crippen LogP contribution in [0, 0.1) is 0 Å². The molecule has 0 bridgehead atoms. The minimum absolute atomic E-state index is 0.152. The summed E-state index contributed by atoms with van der Waals surface area (Å²) >= 11 is 7.04. The molecule has 2 aliphatic heterocycles. The molecule has 3 aromatic rings. The van der Waals surface area contributed by atoms with Gasteiger partial charge in [0.2, 0.25) is 6.23 Å². The molecule has 24 heavy (non-hydrogen) atoms. The summed E-state index contributed by atoms with van der Waals surface area (Å²) in [6.45, 7) is 0. The molecule has 2 aromatic heterocycles. The highest BCUT2D eigenvalue weighted by atomic mass is 79.9. The number of halogens is 1. The van der Waals surface area contributed by atoms with Crippen LogP contribution in [-0.4, -0.2) is 10.7 Å². The molecule has 0 unspecified atom stereocenters. The van der Waals surface area contributed by atoms with Crippen LogP contribution in [0.1, 0.15) is 34.0 Å². The van der Waals surface area contributed by atoms with Crippen LogP contribution in [0.2, 0.25) is 0 Å². The molecule has 0 saturated carbocycles. The van der Waals surface area contributed by atoms with Gasteiger partial charge in [0.15, 0.2) is 0 Å². The van der Waals surface area contributed by atoms with Crippen molar-refractivity contribution < 1.29 is 4.74 Å². The Bertz CT molecular complexity index is 905. The van der Waals surface area contributed by atoms with Crippen molar-refractivity contribution in [1.29, 1.82) is 0 Å². The summed E-state index contributed by atoms with van der Waals surface area (Å²) in [5, 5.41) is 11.3. The molecule has 5 rings (SSSR count). The SMILES string of the molecule is Brc1ccc2c(c1)[C@H]1CC(c3cccs3)=NN1[C@H](c1cccs1)O2. The molecule has 120 valence electrons. The second-order valence-corrected chi connectivity index (χ2v) is 8.63. The number of hydrazone groups is 1. The Hall–Kier alpha value is -1.63. The molecule has 0 amide bonds. The van der Waals surface area contributed by atoms with Gasteiger partial charge in [-0.05, 0) is 41.1 Å². The maximum absolute atomic E-state index is 6.32. The summed E-state index contributed by atoms with van der Waals surface area (Å²) in [7, 11) is 0. The number of benzene rings is 1. The fraction of sp³-hybridized carbons (Fsp3) is 0.167. The van der Waals surface area contributed by atoms with E-state index in [1.165, 1.54) is 15.3 Å². The van der Waals surface area contributed by atoms with E-state index in [2.05, 4.69) is 68.1 Å². The van der Waals surface area contributed by atoms with Crippen LogP contribution in [0.15, 0.2) is 62.8 Å². The predicted molar refractivity (Wildman–Crippen MR) is 102 cm³/mol. The molecule has 0 spiro atoms. The number of rotatable bonds is 2. The Balaban J connectivity index is 1.62. The van der Waals surface area contributed by atoms with Gasteiger partial charge in [0.05, 0.1) is 21.5 Å². The third kappa shape index (κ3) is 2.32. The number of thiophene rings is 2. The van der Waals surface area contributed by atoms with Gasteiger partial charge in [-0.25, -0.2) is 5.01 Å². The maximum Gasteiger partial charge on any atom is 0.222 e. The van der Waals surface area contributed by atoms with Gasteiger partial charge in [-0.3, -0.25) is 0 Å². The molecule has 2 aliphatic rings. The van der Waals surface area contributed by atoms with E-state index in [-0.39, 0.29) is 12.3 Å². The summed E-state index contributed by atoms with van der Waals surface area (Å²) in [5.41, 5.74) is 2.35. The van der Waals surface area contributed by atoms with Crippen LogP contribution < -0.4 is 4.74 Å². The standard InChI is InChI=1S/C18H13BrN2OS2/c19-11-5-6-15-12(9-11)14-10-13(16-3-1-7-23-16)20-21(14)18(22-15)17-4-2-8-24-17/h1-9,14,18H,10H2/t14-,18+/m1/s1. The van der Waals surface area contributed by atoms with Gasteiger partial charge < -0.3 is 4.74 Å². The zero-order valence-electron chi connectivity index (χ0n) is 12.6. The van der Waals surface area contributed by atoms with Gasteiger partial charge in [0, 0.05) is 16.5 Å². The predicted octanol–water partition coefficient (Wildman–Crippen LogP) is 5.81. The second-order valence-electron chi connectivity index (χ2n) is 5.79. The van der Waals surface area contributed by atoms with Crippen molar-refractivity contribution in [3.05, 3.63) is 73.0 Å². The lowest BCUT2D eigenvalue weighted by atomic mass is 9.98. The first kappa shape index (κ1) is 14.7. The van der Waals surface area contributed by atoms with E-state index in [1.807, 2.05) is 6.07 Å². The Labute approximate surface area is 156 Å². The first-order valence-electron chi connectivity index (χ1n) is 7.69. The highest BCUT2D eigenvalue weighted by molar-refractivity contribution is 9.10. The fourth-order valence-corrected chi connectivity index (χ4v) is 5.11. The van der Waals surface area contributed by atoms with E-state index in [4.69, 9.17) is 9.84 Å². The van der Waals surface area contributed by atoms with Crippen molar-refractivity contribution in [2.75, 3.05) is 0 Å². The van der Waals surface area contributed by atoms with E-state index in [0.717, 1.165) is 22.4 Å². The normalized spacial score (nSPS) is 21.9. The zero-order valence-corrected chi connectivity index (χ0v) is 15.8. The maximum atomic E-state index is 6.32. The summed E-state index contributed by atoms with van der Waals surface area (Å²) in [6, 6.07) is 14.9. The van der Waals surface area contributed by atoms with Crippen molar-refractivity contribution in [3.8, 4) is 5.75 Å². The quantitative estimate of drug-likeness (QED) is 0.525. The third-order valence-electron chi connectivity index (χ3n) is 4.34. The van der Waals surface area contributed by atoms with Crippen molar-refractivity contribution in [2.45, 2.75) is 18.7 Å². The number of ether oxygens (including phenoxy) is 1. The lowest BCUT2D eigenvalue weighted by Gasteiger charge is -2.37. The molecule has 0 fully saturated rings. The van der Waals surface area contributed by atoms with Crippen molar-refractivity contribution in [1.82, 2.24) is 5.01 Å². The topological polar surface area (TPSA) is 24.8 Å². The Morgan fingerprint density at radius 2 is 2.00 bits per heavy atom. The molecule has 4 heterocycles. The Morgan fingerprint density at radius 1 is 1.12 bits per heavy atom. The van der Waals surface area contributed by atoms with Gasteiger partial charge in [0.25, 0.3) is 0 Å². The molecule has 0 N–H and O–H groups in total. The molecule has 0 aliphatic carbocycles. The molecule has 2 atom stereocenters. The van der Waals surface area contributed by atoms with Crippen molar-refractivity contribution in [3.63, 3.8) is 0 Å². The molecular formula is C18H13BrN2OS2. The molecular weight excluding hydrogens is 404 g/mol. The van der Waals surface area contributed by atoms with Crippen LogP contribution in [0.3, 0.4) is 0 Å². The van der Waals surface area contributed by atoms with E-state index >= 15 is 0 Å². The lowest BCUT2D eigenvalue weighted by Crippen LogP contribution is -2.33. The minimum atomic E-state index is -0.152. The van der Waals surface area contributed by atoms with Gasteiger partial charge in [0.1, 0.15) is 5.75 Å². The summed E-state index contributed by atoms with van der Waals surface area (Å²) in [5.74, 6) is 0.959. The monoisotopic (exact) mass is 416 g/mol. The fourth-order valence-electron chi connectivity index (χ4n) is 3.27. The van der Waals surface area contributed by atoms with Crippen LogP contribution in [0.4, 0.5) is 0 Å². The average Bonchev–Trinajstić information content (AvgIpc) is 3.33. The highest BCUT2D eigenvalue weighted by Gasteiger charge is 2.41. The summed E-state index contributed by atoms with van der Waals surface area (Å²) in [4.78, 5) is 2.43. The first-order valence-corrected chi connectivity index (χ1v) is 10.2. The number of hydrogen-bond donors (Lipinski definition) is 0. The Morgan fingerprint density at radius 3 is 2.79 bits per heavy atom. The first-order chi connectivity index (χ1) is 11.8. The van der Waals surface area contributed by atoms with E-state index in [9.17, 15) is 0 Å². The van der Waals surface area contributed by atoms with E-state index < -0.39 is 0 Å². The zero-order chi connectivity index (χ0) is 16.1. The lowest BCUT2D eigenvalue weighted by molar-refractivity contribution is -0.0166. The van der Waals surface area contributed by atoms with Crippen LogP contribution >= 0.6 is 38.6 Å². The average molecular weight is 417 g/mol. The van der Waals surface area contributed by atoms with Crippen molar-refractivity contribution in [2.24, 2.45) is 5.10 Å². The third-order valence-corrected chi connectivity index (χ3v) is 6.66. The largest absolute Gasteiger partial charge is 0.464 e. The summed E-state index contributed by atoms with van der Waals surface area (Å²) in [6.07, 6.45) is 0.760. The molecule has 6 heteroatoms. The minimum Gasteiger partial charge on any atom is -0.464 e. The number of nitrogens with zero attached hydrogens (tertiary/aromatic N) is 2. The van der Waals surface area contributed by atoms with Crippen molar-refractivity contribution >= 4 is 44.3 Å². The summed E-state index contributed by atoms with van der Waals surface area (Å²) < 4.78 is 7.40. The van der Waals surface area contributed by atoms with E-state index in [1.54, 1.807) is 22.7 Å². The van der Waals surface area contributed by atoms with Crippen LogP contribution in [0.5, 0.6) is 5.75 Å². The molecule has 0 saturated heterocycles. The van der Waals surface area contributed by atoms with Crippen LogP contribution in [0.25, 0.3) is 0 Å².